The van der Waals surface area contributed by atoms with E-state index >= 15 is 0 Å². The molecule has 0 saturated heterocycles. The SMILES string of the molecule is C=CCn1c(-c2cc3ccccc3o2)csc1=Nc1ccc(F)cc1F. The van der Waals surface area contributed by atoms with Gasteiger partial charge in [0.2, 0.25) is 0 Å². The summed E-state index contributed by atoms with van der Waals surface area (Å²) in [6, 6.07) is 13.0. The number of benzene rings is 2. The molecule has 4 aromatic rings. The summed E-state index contributed by atoms with van der Waals surface area (Å²) in [6.45, 7) is 4.26. The summed E-state index contributed by atoms with van der Waals surface area (Å²) in [4.78, 5) is 4.93. The molecule has 4 rings (SSSR count). The van der Waals surface area contributed by atoms with Gasteiger partial charge in [0.15, 0.2) is 16.4 Å². The Bertz CT molecular complexity index is 1140. The molecule has 0 fully saturated rings. The van der Waals surface area contributed by atoms with Crippen LogP contribution in [0.4, 0.5) is 14.5 Å². The number of aromatic nitrogens is 1. The van der Waals surface area contributed by atoms with Crippen LogP contribution in [0.1, 0.15) is 0 Å². The first-order valence-corrected chi connectivity index (χ1v) is 8.81. The van der Waals surface area contributed by atoms with Crippen molar-refractivity contribution < 1.29 is 13.2 Å². The summed E-state index contributed by atoms with van der Waals surface area (Å²) in [5.74, 6) is -0.631. The minimum Gasteiger partial charge on any atom is -0.454 e. The molecular weight excluding hydrogens is 354 g/mol. The van der Waals surface area contributed by atoms with Crippen LogP contribution in [0.2, 0.25) is 0 Å². The third-order valence-electron chi connectivity index (χ3n) is 3.91. The maximum Gasteiger partial charge on any atom is 0.190 e. The van der Waals surface area contributed by atoms with Crippen LogP contribution in [-0.4, -0.2) is 4.57 Å². The van der Waals surface area contributed by atoms with E-state index in [9.17, 15) is 8.78 Å². The summed E-state index contributed by atoms with van der Waals surface area (Å²) in [6.07, 6.45) is 1.74. The van der Waals surface area contributed by atoms with Crippen LogP contribution in [-0.2, 0) is 6.54 Å². The number of rotatable bonds is 4. The van der Waals surface area contributed by atoms with Crippen LogP contribution in [0.5, 0.6) is 0 Å². The van der Waals surface area contributed by atoms with Crippen LogP contribution in [0.15, 0.2) is 76.0 Å². The molecule has 0 bridgehead atoms. The number of nitrogens with zero attached hydrogens (tertiary/aromatic N) is 2. The lowest BCUT2D eigenvalue weighted by atomic mass is 10.2. The molecular formula is C20H14F2N2OS. The Labute approximate surface area is 152 Å². The average Bonchev–Trinajstić information content (AvgIpc) is 3.21. The first-order chi connectivity index (χ1) is 12.7. The zero-order valence-corrected chi connectivity index (χ0v) is 14.5. The second-order valence-corrected chi connectivity index (χ2v) is 6.50. The monoisotopic (exact) mass is 368 g/mol. The van der Waals surface area contributed by atoms with E-state index in [4.69, 9.17) is 4.42 Å². The highest BCUT2D eigenvalue weighted by Crippen LogP contribution is 2.28. The molecule has 3 nitrogen and oxygen atoms in total. The fourth-order valence-corrected chi connectivity index (χ4v) is 3.62. The van der Waals surface area contributed by atoms with E-state index in [2.05, 4.69) is 11.6 Å². The van der Waals surface area contributed by atoms with E-state index in [1.807, 2.05) is 40.3 Å². The Hall–Kier alpha value is -2.99. The number of allylic oxidation sites excluding steroid dienone is 1. The van der Waals surface area contributed by atoms with E-state index in [1.165, 1.54) is 23.5 Å². The molecule has 0 saturated carbocycles. The summed E-state index contributed by atoms with van der Waals surface area (Å²) < 4.78 is 34.9. The Morgan fingerprint density at radius 3 is 2.77 bits per heavy atom. The van der Waals surface area contributed by atoms with E-state index in [0.29, 0.717) is 17.1 Å². The van der Waals surface area contributed by atoms with Crippen molar-refractivity contribution in [2.45, 2.75) is 6.54 Å². The number of hydrogen-bond acceptors (Lipinski definition) is 3. The van der Waals surface area contributed by atoms with Crippen molar-refractivity contribution >= 4 is 28.0 Å². The van der Waals surface area contributed by atoms with Gasteiger partial charge in [0, 0.05) is 23.4 Å². The molecule has 130 valence electrons. The van der Waals surface area contributed by atoms with Crippen molar-refractivity contribution in [3.8, 4) is 11.5 Å². The molecule has 0 atom stereocenters. The maximum absolute atomic E-state index is 13.9. The summed E-state index contributed by atoms with van der Waals surface area (Å²) in [5.41, 5.74) is 1.71. The fourth-order valence-electron chi connectivity index (χ4n) is 2.71. The fraction of sp³-hybridized carbons (Fsp3) is 0.0500. The Kier molecular flexibility index (Phi) is 4.26. The first kappa shape index (κ1) is 16.5. The zero-order chi connectivity index (χ0) is 18.1. The minimum atomic E-state index is -0.700. The quantitative estimate of drug-likeness (QED) is 0.428. The highest BCUT2D eigenvalue weighted by Gasteiger charge is 2.13. The number of furan rings is 1. The smallest absolute Gasteiger partial charge is 0.190 e. The normalized spacial score (nSPS) is 12.0. The Morgan fingerprint density at radius 2 is 2.00 bits per heavy atom. The summed E-state index contributed by atoms with van der Waals surface area (Å²) in [5, 5.41) is 2.91. The van der Waals surface area contributed by atoms with Gasteiger partial charge < -0.3 is 8.98 Å². The number of halogens is 2. The summed E-state index contributed by atoms with van der Waals surface area (Å²) >= 11 is 1.36. The van der Waals surface area contributed by atoms with Gasteiger partial charge in [0.1, 0.15) is 17.1 Å². The lowest BCUT2D eigenvalue weighted by molar-refractivity contribution is 0.584. The van der Waals surface area contributed by atoms with E-state index in [0.717, 1.165) is 22.7 Å². The van der Waals surface area contributed by atoms with Crippen molar-refractivity contribution in [1.82, 2.24) is 4.57 Å². The lowest BCUT2D eigenvalue weighted by Gasteiger charge is -2.04. The molecule has 0 N–H and O–H groups in total. The molecule has 26 heavy (non-hydrogen) atoms. The van der Waals surface area contributed by atoms with Crippen LogP contribution in [0.3, 0.4) is 0 Å². The minimum absolute atomic E-state index is 0.0854. The van der Waals surface area contributed by atoms with Crippen molar-refractivity contribution in [3.05, 3.63) is 83.0 Å². The van der Waals surface area contributed by atoms with E-state index in [1.54, 1.807) is 6.08 Å². The van der Waals surface area contributed by atoms with Gasteiger partial charge in [0.05, 0.1) is 5.69 Å². The van der Waals surface area contributed by atoms with Crippen molar-refractivity contribution in [1.29, 1.82) is 0 Å². The molecule has 0 unspecified atom stereocenters. The van der Waals surface area contributed by atoms with Crippen LogP contribution >= 0.6 is 11.3 Å². The zero-order valence-electron chi connectivity index (χ0n) is 13.7. The second-order valence-electron chi connectivity index (χ2n) is 5.66. The predicted octanol–water partition coefficient (Wildman–Crippen LogP) is 5.66. The van der Waals surface area contributed by atoms with Gasteiger partial charge in [-0.3, -0.25) is 0 Å². The van der Waals surface area contributed by atoms with Gasteiger partial charge in [-0.25, -0.2) is 13.8 Å². The van der Waals surface area contributed by atoms with Crippen molar-refractivity contribution in [2.75, 3.05) is 0 Å². The Morgan fingerprint density at radius 1 is 1.15 bits per heavy atom. The van der Waals surface area contributed by atoms with Gasteiger partial charge >= 0.3 is 0 Å². The van der Waals surface area contributed by atoms with Gasteiger partial charge in [-0.2, -0.15) is 0 Å². The van der Waals surface area contributed by atoms with E-state index in [-0.39, 0.29) is 5.69 Å². The average molecular weight is 368 g/mol. The third kappa shape index (κ3) is 2.99. The number of hydrogen-bond donors (Lipinski definition) is 0. The molecule has 2 aromatic heterocycles. The first-order valence-electron chi connectivity index (χ1n) is 7.93. The molecule has 0 aliphatic carbocycles. The molecule has 2 heterocycles. The molecule has 2 aromatic carbocycles. The Balaban J connectivity index is 1.87. The predicted molar refractivity (Wildman–Crippen MR) is 99.3 cm³/mol. The molecule has 0 spiro atoms. The van der Waals surface area contributed by atoms with Crippen LogP contribution in [0, 0.1) is 11.6 Å². The van der Waals surface area contributed by atoms with E-state index < -0.39 is 11.6 Å². The molecule has 0 aliphatic heterocycles. The highest BCUT2D eigenvalue weighted by molar-refractivity contribution is 7.07. The topological polar surface area (TPSA) is 30.4 Å². The van der Waals surface area contributed by atoms with Crippen LogP contribution in [0.25, 0.3) is 22.4 Å². The highest BCUT2D eigenvalue weighted by atomic mass is 32.1. The van der Waals surface area contributed by atoms with Gasteiger partial charge in [-0.05, 0) is 24.3 Å². The standard InChI is InChI=1S/C20H14F2N2OS/c1-2-9-24-17(19-10-13-5-3-4-6-18(13)25-19)12-26-20(24)23-16-8-7-14(21)11-15(16)22/h2-8,10-12H,1,9H2. The van der Waals surface area contributed by atoms with Crippen molar-refractivity contribution in [3.63, 3.8) is 0 Å². The summed E-state index contributed by atoms with van der Waals surface area (Å²) in [7, 11) is 0. The van der Waals surface area contributed by atoms with Crippen LogP contribution < -0.4 is 4.80 Å². The molecule has 0 amide bonds. The number of thiazole rings is 1. The molecule has 0 aliphatic rings. The van der Waals surface area contributed by atoms with Crippen molar-refractivity contribution in [2.24, 2.45) is 4.99 Å². The molecule has 6 heteroatoms. The largest absolute Gasteiger partial charge is 0.454 e. The van der Waals surface area contributed by atoms with Gasteiger partial charge in [-0.1, -0.05) is 24.3 Å². The number of para-hydroxylation sites is 1. The number of fused-ring (bicyclic) bond motifs is 1. The lowest BCUT2D eigenvalue weighted by Crippen LogP contribution is -2.14. The van der Waals surface area contributed by atoms with Gasteiger partial charge in [0.25, 0.3) is 0 Å². The second kappa shape index (κ2) is 6.72. The maximum atomic E-state index is 13.9. The molecule has 0 radical (unpaired) electrons. The van der Waals surface area contributed by atoms with Gasteiger partial charge in [-0.15, -0.1) is 17.9 Å². The third-order valence-corrected chi connectivity index (χ3v) is 4.78.